The minimum absolute atomic E-state index is 0.0558. The standard InChI is InChI=1S/C17H19N3O/c21-17(14-7-6-13-10-18-11-15(13)14)20-16(8-9-19-20)12-4-2-1-3-5-12/h1-5,9,13,16,18H,6-8,10-11H2. The van der Waals surface area contributed by atoms with Crippen molar-refractivity contribution in [3.8, 4) is 0 Å². The second kappa shape index (κ2) is 5.11. The van der Waals surface area contributed by atoms with Gasteiger partial charge in [-0.25, -0.2) is 5.01 Å². The van der Waals surface area contributed by atoms with Crippen molar-refractivity contribution in [1.82, 2.24) is 10.3 Å². The topological polar surface area (TPSA) is 44.7 Å². The zero-order chi connectivity index (χ0) is 14.2. The summed E-state index contributed by atoms with van der Waals surface area (Å²) >= 11 is 0. The van der Waals surface area contributed by atoms with E-state index in [1.807, 2.05) is 24.4 Å². The third kappa shape index (κ3) is 2.10. The number of nitrogens with one attached hydrogen (secondary N) is 1. The van der Waals surface area contributed by atoms with Crippen LogP contribution in [0.4, 0.5) is 0 Å². The molecule has 4 heteroatoms. The quantitative estimate of drug-likeness (QED) is 0.903. The third-order valence-electron chi connectivity index (χ3n) is 4.81. The van der Waals surface area contributed by atoms with Crippen LogP contribution in [0.25, 0.3) is 0 Å². The first kappa shape index (κ1) is 12.8. The lowest BCUT2D eigenvalue weighted by Gasteiger charge is -2.23. The van der Waals surface area contributed by atoms with Crippen molar-refractivity contribution in [2.24, 2.45) is 11.0 Å². The van der Waals surface area contributed by atoms with E-state index in [1.165, 1.54) is 5.57 Å². The Bertz CT molecular complexity index is 620. The van der Waals surface area contributed by atoms with E-state index in [0.29, 0.717) is 5.92 Å². The molecule has 2 unspecified atom stereocenters. The molecule has 0 saturated carbocycles. The zero-order valence-corrected chi connectivity index (χ0v) is 12.0. The zero-order valence-electron chi connectivity index (χ0n) is 12.0. The number of fused-ring (bicyclic) bond motifs is 1. The summed E-state index contributed by atoms with van der Waals surface area (Å²) in [5, 5.41) is 9.42. The molecule has 1 amide bonds. The summed E-state index contributed by atoms with van der Waals surface area (Å²) in [7, 11) is 0. The molecule has 1 aliphatic carbocycles. The minimum atomic E-state index is 0.0558. The summed E-state index contributed by atoms with van der Waals surface area (Å²) in [5.74, 6) is 0.685. The highest BCUT2D eigenvalue weighted by Crippen LogP contribution is 2.38. The predicted octanol–water partition coefficient (Wildman–Crippen LogP) is 2.26. The van der Waals surface area contributed by atoms with Crippen molar-refractivity contribution < 1.29 is 4.79 Å². The monoisotopic (exact) mass is 281 g/mol. The number of nitrogens with zero attached hydrogens (tertiary/aromatic N) is 2. The van der Waals surface area contributed by atoms with Gasteiger partial charge in [-0.3, -0.25) is 4.79 Å². The van der Waals surface area contributed by atoms with Crippen LogP contribution in [0.2, 0.25) is 0 Å². The van der Waals surface area contributed by atoms with E-state index in [0.717, 1.165) is 43.5 Å². The number of carbonyl (C=O) groups is 1. The predicted molar refractivity (Wildman–Crippen MR) is 81.8 cm³/mol. The Morgan fingerprint density at radius 2 is 2.14 bits per heavy atom. The van der Waals surface area contributed by atoms with Crippen LogP contribution in [0.3, 0.4) is 0 Å². The maximum Gasteiger partial charge on any atom is 0.270 e. The Kier molecular flexibility index (Phi) is 3.11. The summed E-state index contributed by atoms with van der Waals surface area (Å²) in [5.41, 5.74) is 3.49. The molecule has 21 heavy (non-hydrogen) atoms. The number of benzene rings is 1. The third-order valence-corrected chi connectivity index (χ3v) is 4.81. The Balaban J connectivity index is 1.62. The summed E-state index contributed by atoms with van der Waals surface area (Å²) in [6.07, 6.45) is 4.69. The highest BCUT2D eigenvalue weighted by Gasteiger charge is 2.37. The van der Waals surface area contributed by atoms with Gasteiger partial charge in [-0.2, -0.15) is 5.10 Å². The normalized spacial score (nSPS) is 27.5. The van der Waals surface area contributed by atoms with Gasteiger partial charge in [-0.15, -0.1) is 0 Å². The van der Waals surface area contributed by atoms with Crippen LogP contribution in [0, 0.1) is 5.92 Å². The van der Waals surface area contributed by atoms with Gasteiger partial charge in [0.1, 0.15) is 0 Å². The molecule has 0 radical (unpaired) electrons. The first-order chi connectivity index (χ1) is 10.3. The van der Waals surface area contributed by atoms with Gasteiger partial charge in [0.2, 0.25) is 0 Å². The van der Waals surface area contributed by atoms with Crippen molar-refractivity contribution in [2.45, 2.75) is 25.3 Å². The molecule has 4 rings (SSSR count). The lowest BCUT2D eigenvalue weighted by molar-refractivity contribution is -0.129. The van der Waals surface area contributed by atoms with Crippen LogP contribution in [0.1, 0.15) is 30.9 Å². The Morgan fingerprint density at radius 3 is 3.00 bits per heavy atom. The van der Waals surface area contributed by atoms with E-state index in [-0.39, 0.29) is 11.9 Å². The molecule has 108 valence electrons. The number of rotatable bonds is 2. The Hall–Kier alpha value is -1.94. The van der Waals surface area contributed by atoms with Gasteiger partial charge in [0.15, 0.2) is 0 Å². The molecule has 2 heterocycles. The first-order valence-electron chi connectivity index (χ1n) is 7.68. The molecule has 1 saturated heterocycles. The van der Waals surface area contributed by atoms with E-state index in [1.54, 1.807) is 5.01 Å². The molecule has 1 aromatic rings. The fraction of sp³-hybridized carbons (Fsp3) is 0.412. The van der Waals surface area contributed by atoms with Crippen LogP contribution < -0.4 is 5.32 Å². The molecule has 0 aromatic heterocycles. The van der Waals surface area contributed by atoms with E-state index >= 15 is 0 Å². The number of hydrazone groups is 1. The summed E-state index contributed by atoms with van der Waals surface area (Å²) in [4.78, 5) is 12.9. The number of hydrogen-bond acceptors (Lipinski definition) is 3. The molecular formula is C17H19N3O. The van der Waals surface area contributed by atoms with Crippen molar-refractivity contribution in [2.75, 3.05) is 13.1 Å². The van der Waals surface area contributed by atoms with Crippen LogP contribution in [0.5, 0.6) is 0 Å². The number of hydrogen-bond donors (Lipinski definition) is 1. The van der Waals surface area contributed by atoms with Crippen LogP contribution in [-0.4, -0.2) is 30.2 Å². The average Bonchev–Trinajstić information content (AvgIpc) is 3.23. The molecule has 3 aliphatic rings. The van der Waals surface area contributed by atoms with Gasteiger partial charge in [-0.05, 0) is 29.9 Å². The van der Waals surface area contributed by atoms with Gasteiger partial charge >= 0.3 is 0 Å². The molecule has 2 aliphatic heterocycles. The highest BCUT2D eigenvalue weighted by atomic mass is 16.2. The second-order valence-electron chi connectivity index (χ2n) is 5.98. The average molecular weight is 281 g/mol. The Morgan fingerprint density at radius 1 is 1.29 bits per heavy atom. The van der Waals surface area contributed by atoms with Gasteiger partial charge in [-0.1, -0.05) is 30.3 Å². The highest BCUT2D eigenvalue weighted by molar-refractivity contribution is 5.96. The molecule has 1 N–H and O–H groups in total. The van der Waals surface area contributed by atoms with Gasteiger partial charge in [0.25, 0.3) is 5.91 Å². The van der Waals surface area contributed by atoms with Crippen molar-refractivity contribution in [3.05, 3.63) is 47.0 Å². The van der Waals surface area contributed by atoms with E-state index in [4.69, 9.17) is 0 Å². The number of carbonyl (C=O) groups excluding carboxylic acids is 1. The van der Waals surface area contributed by atoms with Crippen LogP contribution in [-0.2, 0) is 4.79 Å². The SMILES string of the molecule is O=C(C1=C2CNCC2CC1)N1N=CCC1c1ccccc1. The van der Waals surface area contributed by atoms with Crippen molar-refractivity contribution in [3.63, 3.8) is 0 Å². The molecule has 1 fully saturated rings. The first-order valence-corrected chi connectivity index (χ1v) is 7.68. The minimum Gasteiger partial charge on any atom is -0.312 e. The molecule has 0 spiro atoms. The van der Waals surface area contributed by atoms with Crippen LogP contribution in [0.15, 0.2) is 46.6 Å². The molecule has 0 bridgehead atoms. The molecule has 2 atom stereocenters. The molecule has 1 aromatic carbocycles. The van der Waals surface area contributed by atoms with Gasteiger partial charge < -0.3 is 5.32 Å². The second-order valence-corrected chi connectivity index (χ2v) is 5.98. The fourth-order valence-corrected chi connectivity index (χ4v) is 3.70. The van der Waals surface area contributed by atoms with Gasteiger partial charge in [0.05, 0.1) is 6.04 Å². The molecular weight excluding hydrogens is 262 g/mol. The van der Waals surface area contributed by atoms with E-state index in [9.17, 15) is 4.79 Å². The lowest BCUT2D eigenvalue weighted by atomic mass is 10.0. The summed E-state index contributed by atoms with van der Waals surface area (Å²) in [6.45, 7) is 1.90. The van der Waals surface area contributed by atoms with E-state index in [2.05, 4.69) is 22.6 Å². The van der Waals surface area contributed by atoms with Crippen molar-refractivity contribution in [1.29, 1.82) is 0 Å². The van der Waals surface area contributed by atoms with Gasteiger partial charge in [0, 0.05) is 31.3 Å². The Labute approximate surface area is 124 Å². The van der Waals surface area contributed by atoms with Crippen LogP contribution >= 0.6 is 0 Å². The van der Waals surface area contributed by atoms with E-state index < -0.39 is 0 Å². The molecule has 4 nitrogen and oxygen atoms in total. The van der Waals surface area contributed by atoms with Crippen molar-refractivity contribution >= 4 is 12.1 Å². The maximum absolute atomic E-state index is 12.9. The summed E-state index contributed by atoms with van der Waals surface area (Å²) in [6, 6.07) is 10.2. The lowest BCUT2D eigenvalue weighted by Crippen LogP contribution is -2.28. The fourth-order valence-electron chi connectivity index (χ4n) is 3.70. The summed E-state index contributed by atoms with van der Waals surface area (Å²) < 4.78 is 0. The smallest absolute Gasteiger partial charge is 0.270 e. The maximum atomic E-state index is 12.9. The largest absolute Gasteiger partial charge is 0.312 e. The number of amides is 1.